The van der Waals surface area contributed by atoms with Crippen molar-refractivity contribution in [2.45, 2.75) is 26.2 Å². The maximum absolute atomic E-state index is 13.0. The highest BCUT2D eigenvalue weighted by molar-refractivity contribution is 5.92. The van der Waals surface area contributed by atoms with Gasteiger partial charge in [0.1, 0.15) is 5.82 Å². The van der Waals surface area contributed by atoms with Crippen molar-refractivity contribution in [1.82, 2.24) is 10.1 Å². The van der Waals surface area contributed by atoms with Crippen LogP contribution in [0.2, 0.25) is 0 Å². The van der Waals surface area contributed by atoms with Crippen molar-refractivity contribution in [2.75, 3.05) is 11.9 Å². The molecule has 1 aromatic heterocycles. The van der Waals surface area contributed by atoms with Gasteiger partial charge < -0.3 is 15.6 Å². The third-order valence-electron chi connectivity index (χ3n) is 4.01. The molecule has 6 nitrogen and oxygen atoms in total. The van der Waals surface area contributed by atoms with Crippen LogP contribution in [0.3, 0.4) is 0 Å². The quantitative estimate of drug-likeness (QED) is 0.377. The average molecular weight is 367 g/mol. The van der Waals surface area contributed by atoms with Crippen LogP contribution in [-0.2, 0) is 12.8 Å². The van der Waals surface area contributed by atoms with Crippen LogP contribution in [0.4, 0.5) is 10.1 Å². The molecule has 0 unspecified atom stereocenters. The van der Waals surface area contributed by atoms with Crippen LogP contribution in [0.5, 0.6) is 0 Å². The van der Waals surface area contributed by atoms with Gasteiger partial charge in [-0.05, 0) is 54.8 Å². The number of halogens is 1. The van der Waals surface area contributed by atoms with Gasteiger partial charge in [-0.25, -0.2) is 4.39 Å². The van der Waals surface area contributed by atoms with Gasteiger partial charge in [-0.2, -0.15) is 4.98 Å². The lowest BCUT2D eigenvalue weighted by molar-refractivity contribution is 0.376. The number of hydrogen-bond donors (Lipinski definition) is 2. The van der Waals surface area contributed by atoms with E-state index in [9.17, 15) is 4.39 Å². The highest BCUT2D eigenvalue weighted by Gasteiger charge is 2.08. The van der Waals surface area contributed by atoms with Gasteiger partial charge in [-0.15, -0.1) is 0 Å². The van der Waals surface area contributed by atoms with Gasteiger partial charge in [-0.3, -0.25) is 4.99 Å². The number of aromatic nitrogens is 2. The van der Waals surface area contributed by atoms with Crippen LogP contribution in [0.25, 0.3) is 11.4 Å². The monoisotopic (exact) mass is 367 g/mol. The fraction of sp³-hybridized carbons (Fsp3) is 0.250. The number of aryl methyl sites for hydroxylation is 2. The first-order valence-corrected chi connectivity index (χ1v) is 8.88. The number of nitrogens with zero attached hydrogens (tertiary/aromatic N) is 3. The number of hydrogen-bond acceptors (Lipinski definition) is 4. The molecule has 140 valence electrons. The molecule has 1 heterocycles. The Bertz CT molecular complexity index is 905. The van der Waals surface area contributed by atoms with Crippen molar-refractivity contribution in [1.29, 1.82) is 0 Å². The zero-order valence-electron chi connectivity index (χ0n) is 15.2. The van der Waals surface area contributed by atoms with E-state index in [-0.39, 0.29) is 5.82 Å². The molecular weight excluding hydrogens is 345 g/mol. The van der Waals surface area contributed by atoms with Gasteiger partial charge in [0.2, 0.25) is 11.7 Å². The second-order valence-corrected chi connectivity index (χ2v) is 6.07. The van der Waals surface area contributed by atoms with E-state index >= 15 is 0 Å². The first-order chi connectivity index (χ1) is 13.1. The van der Waals surface area contributed by atoms with E-state index in [1.54, 1.807) is 12.1 Å². The number of benzene rings is 2. The van der Waals surface area contributed by atoms with E-state index in [1.807, 2.05) is 12.1 Å². The molecule has 0 aliphatic carbocycles. The molecule has 3 aromatic rings. The summed E-state index contributed by atoms with van der Waals surface area (Å²) in [6.45, 7) is 2.65. The Morgan fingerprint density at radius 2 is 2.04 bits per heavy atom. The smallest absolute Gasteiger partial charge is 0.227 e. The summed E-state index contributed by atoms with van der Waals surface area (Å²) < 4.78 is 18.2. The SMILES string of the molecule is CCc1cccc(NC(N)=NCCCc2nc(-c3ccc(F)cc3)no2)c1. The fourth-order valence-corrected chi connectivity index (χ4v) is 2.56. The Kier molecular flexibility index (Phi) is 6.14. The number of nitrogens with one attached hydrogen (secondary N) is 1. The number of nitrogens with two attached hydrogens (primary N) is 1. The zero-order valence-corrected chi connectivity index (χ0v) is 15.2. The molecule has 7 heteroatoms. The van der Waals surface area contributed by atoms with E-state index in [0.717, 1.165) is 18.5 Å². The largest absolute Gasteiger partial charge is 0.370 e. The highest BCUT2D eigenvalue weighted by Crippen LogP contribution is 2.16. The van der Waals surface area contributed by atoms with Gasteiger partial charge >= 0.3 is 0 Å². The Balaban J connectivity index is 1.48. The summed E-state index contributed by atoms with van der Waals surface area (Å²) in [5.74, 6) is 1.05. The Morgan fingerprint density at radius 1 is 1.22 bits per heavy atom. The van der Waals surface area contributed by atoms with Crippen LogP contribution in [0, 0.1) is 5.82 Å². The van der Waals surface area contributed by atoms with Crippen molar-refractivity contribution in [3.05, 3.63) is 65.8 Å². The summed E-state index contributed by atoms with van der Waals surface area (Å²) in [7, 11) is 0. The standard InChI is InChI=1S/C20H22FN5O/c1-2-14-5-3-6-17(13-14)24-20(22)23-12-4-7-18-25-19(26-27-18)15-8-10-16(21)11-9-15/h3,5-6,8-11,13H,2,4,7,12H2,1H3,(H3,22,23,24). The minimum absolute atomic E-state index is 0.298. The number of anilines is 1. The molecule has 0 aliphatic heterocycles. The van der Waals surface area contributed by atoms with Crippen LogP contribution in [0.1, 0.15) is 24.8 Å². The second-order valence-electron chi connectivity index (χ2n) is 6.07. The highest BCUT2D eigenvalue weighted by atomic mass is 19.1. The van der Waals surface area contributed by atoms with Crippen molar-refractivity contribution < 1.29 is 8.91 Å². The first kappa shape index (κ1) is 18.6. The van der Waals surface area contributed by atoms with Gasteiger partial charge in [0, 0.05) is 24.2 Å². The van der Waals surface area contributed by atoms with Crippen molar-refractivity contribution in [2.24, 2.45) is 10.7 Å². The lowest BCUT2D eigenvalue weighted by atomic mass is 10.1. The molecule has 0 atom stereocenters. The molecule has 0 radical (unpaired) electrons. The molecule has 0 saturated heterocycles. The van der Waals surface area contributed by atoms with Crippen LogP contribution in [0.15, 0.2) is 58.0 Å². The Labute approximate surface area is 157 Å². The van der Waals surface area contributed by atoms with Crippen LogP contribution < -0.4 is 11.1 Å². The Hall–Kier alpha value is -3.22. The molecule has 0 spiro atoms. The Morgan fingerprint density at radius 3 is 2.81 bits per heavy atom. The summed E-state index contributed by atoms with van der Waals surface area (Å²) >= 11 is 0. The normalized spacial score (nSPS) is 11.6. The third kappa shape index (κ3) is 5.37. The van der Waals surface area contributed by atoms with Gasteiger partial charge in [0.15, 0.2) is 5.96 Å². The molecular formula is C20H22FN5O. The van der Waals surface area contributed by atoms with Crippen molar-refractivity contribution in [3.8, 4) is 11.4 Å². The van der Waals surface area contributed by atoms with Crippen molar-refractivity contribution >= 4 is 11.6 Å². The predicted molar refractivity (Wildman–Crippen MR) is 104 cm³/mol. The second kappa shape index (κ2) is 8.93. The molecule has 0 saturated carbocycles. The minimum Gasteiger partial charge on any atom is -0.370 e. The van der Waals surface area contributed by atoms with E-state index in [2.05, 4.69) is 39.5 Å². The molecule has 0 aliphatic rings. The zero-order chi connectivity index (χ0) is 19.1. The molecule has 27 heavy (non-hydrogen) atoms. The van der Waals surface area contributed by atoms with E-state index in [0.29, 0.717) is 36.2 Å². The van der Waals surface area contributed by atoms with Gasteiger partial charge in [0.25, 0.3) is 0 Å². The number of guanidine groups is 1. The van der Waals surface area contributed by atoms with Gasteiger partial charge in [-0.1, -0.05) is 24.2 Å². The summed E-state index contributed by atoms with van der Waals surface area (Å²) in [5.41, 5.74) is 8.81. The molecule has 3 rings (SSSR count). The van der Waals surface area contributed by atoms with Crippen LogP contribution in [-0.4, -0.2) is 22.6 Å². The maximum atomic E-state index is 13.0. The molecule has 2 aromatic carbocycles. The fourth-order valence-electron chi connectivity index (χ4n) is 2.56. The van der Waals surface area contributed by atoms with Crippen molar-refractivity contribution in [3.63, 3.8) is 0 Å². The van der Waals surface area contributed by atoms with E-state index in [1.165, 1.54) is 17.7 Å². The summed E-state index contributed by atoms with van der Waals surface area (Å²) in [5, 5.41) is 7.01. The molecule has 0 amide bonds. The average Bonchev–Trinajstić information content (AvgIpc) is 3.15. The number of aliphatic imine (C=N–C) groups is 1. The number of rotatable bonds is 7. The third-order valence-corrected chi connectivity index (χ3v) is 4.01. The molecule has 3 N–H and O–H groups in total. The van der Waals surface area contributed by atoms with Gasteiger partial charge in [0.05, 0.1) is 0 Å². The summed E-state index contributed by atoms with van der Waals surface area (Å²) in [6.07, 6.45) is 2.29. The lowest BCUT2D eigenvalue weighted by Crippen LogP contribution is -2.23. The molecule has 0 bridgehead atoms. The first-order valence-electron chi connectivity index (χ1n) is 8.88. The predicted octanol–water partition coefficient (Wildman–Crippen LogP) is 3.80. The van der Waals surface area contributed by atoms with E-state index in [4.69, 9.17) is 10.3 Å². The van der Waals surface area contributed by atoms with Crippen LogP contribution >= 0.6 is 0 Å². The lowest BCUT2D eigenvalue weighted by Gasteiger charge is -2.06. The summed E-state index contributed by atoms with van der Waals surface area (Å²) in [6, 6.07) is 14.0. The topological polar surface area (TPSA) is 89.3 Å². The van der Waals surface area contributed by atoms with E-state index < -0.39 is 0 Å². The minimum atomic E-state index is -0.298. The summed E-state index contributed by atoms with van der Waals surface area (Å²) in [4.78, 5) is 8.63. The molecule has 0 fully saturated rings. The maximum Gasteiger partial charge on any atom is 0.227 e.